The van der Waals surface area contributed by atoms with Gasteiger partial charge >= 0.3 is 12.0 Å². The Balaban J connectivity index is 2.07. The van der Waals surface area contributed by atoms with E-state index in [1.54, 1.807) is 0 Å². The molecule has 0 spiro atoms. The van der Waals surface area contributed by atoms with Gasteiger partial charge in [-0.3, -0.25) is 4.79 Å². The third kappa shape index (κ3) is 3.39. The number of hydrogen-bond donors (Lipinski definition) is 3. The first-order valence-corrected chi connectivity index (χ1v) is 5.05. The lowest BCUT2D eigenvalue weighted by atomic mass is 10.0. The van der Waals surface area contributed by atoms with Gasteiger partial charge in [0.25, 0.3) is 0 Å². The quantitative estimate of drug-likeness (QED) is 0.531. The highest BCUT2D eigenvalue weighted by Crippen LogP contribution is 2.14. The number of rotatable bonds is 5. The number of likely N-dealkylation sites (tertiary alicyclic amines) is 1. The van der Waals surface area contributed by atoms with E-state index in [0.29, 0.717) is 19.6 Å². The number of carboxylic acids is 1. The molecule has 3 N–H and O–H groups in total. The van der Waals surface area contributed by atoms with Crippen molar-refractivity contribution in [3.8, 4) is 0 Å². The Morgan fingerprint density at radius 1 is 1.40 bits per heavy atom. The van der Waals surface area contributed by atoms with Crippen molar-refractivity contribution in [1.82, 2.24) is 15.5 Å². The molecule has 1 aliphatic heterocycles. The molecule has 2 amide bonds. The van der Waals surface area contributed by atoms with Crippen molar-refractivity contribution in [2.45, 2.75) is 6.42 Å². The van der Waals surface area contributed by atoms with E-state index in [0.717, 1.165) is 13.0 Å². The second-order valence-corrected chi connectivity index (χ2v) is 3.63. The lowest BCUT2D eigenvalue weighted by molar-refractivity contribution is -0.146. The summed E-state index contributed by atoms with van der Waals surface area (Å²) in [5.41, 5.74) is 0. The van der Waals surface area contributed by atoms with Crippen LogP contribution in [-0.4, -0.2) is 55.2 Å². The van der Waals surface area contributed by atoms with Gasteiger partial charge < -0.3 is 20.6 Å². The zero-order chi connectivity index (χ0) is 11.3. The van der Waals surface area contributed by atoms with E-state index in [-0.39, 0.29) is 11.9 Å². The molecule has 0 atom stereocenters. The number of aliphatic carboxylic acids is 1. The molecular formula is C9H17N3O3. The molecule has 0 aromatic heterocycles. The fourth-order valence-corrected chi connectivity index (χ4v) is 1.37. The molecule has 1 heterocycles. The molecule has 0 radical (unpaired) electrons. The van der Waals surface area contributed by atoms with Crippen LogP contribution in [0.3, 0.4) is 0 Å². The van der Waals surface area contributed by atoms with Crippen LogP contribution in [0.15, 0.2) is 0 Å². The number of urea groups is 1. The highest BCUT2D eigenvalue weighted by atomic mass is 16.4. The molecule has 1 saturated heterocycles. The van der Waals surface area contributed by atoms with E-state index in [1.807, 2.05) is 7.05 Å². The predicted molar refractivity (Wildman–Crippen MR) is 54.6 cm³/mol. The zero-order valence-corrected chi connectivity index (χ0v) is 8.82. The van der Waals surface area contributed by atoms with Crippen LogP contribution in [0.4, 0.5) is 4.79 Å². The maximum Gasteiger partial charge on any atom is 0.317 e. The van der Waals surface area contributed by atoms with Crippen molar-refractivity contribution in [2.24, 2.45) is 5.92 Å². The van der Waals surface area contributed by atoms with Crippen molar-refractivity contribution in [1.29, 1.82) is 0 Å². The minimum Gasteiger partial charge on any atom is -0.481 e. The van der Waals surface area contributed by atoms with Crippen LogP contribution in [0, 0.1) is 5.92 Å². The number of carbonyl (C=O) groups is 2. The third-order valence-electron chi connectivity index (χ3n) is 2.40. The number of carboxylic acid groups (broad SMARTS) is 1. The summed E-state index contributed by atoms with van der Waals surface area (Å²) in [5.74, 6) is -1.21. The predicted octanol–water partition coefficient (Wildman–Crippen LogP) is -0.678. The van der Waals surface area contributed by atoms with Crippen LogP contribution >= 0.6 is 0 Å². The summed E-state index contributed by atoms with van der Waals surface area (Å²) in [7, 11) is 1.86. The van der Waals surface area contributed by atoms with E-state index in [4.69, 9.17) is 5.11 Å². The summed E-state index contributed by atoms with van der Waals surface area (Å²) in [6.45, 7) is 2.13. The van der Waals surface area contributed by atoms with Crippen LogP contribution in [-0.2, 0) is 4.79 Å². The Morgan fingerprint density at radius 3 is 2.60 bits per heavy atom. The molecule has 0 saturated carbocycles. The minimum atomic E-state index is -0.825. The van der Waals surface area contributed by atoms with Crippen LogP contribution in [0.5, 0.6) is 0 Å². The van der Waals surface area contributed by atoms with Gasteiger partial charge in [-0.05, 0) is 20.0 Å². The first-order valence-electron chi connectivity index (χ1n) is 5.05. The maximum atomic E-state index is 11.4. The first kappa shape index (κ1) is 11.8. The molecular weight excluding hydrogens is 198 g/mol. The molecule has 15 heavy (non-hydrogen) atoms. The van der Waals surface area contributed by atoms with Gasteiger partial charge in [0.1, 0.15) is 0 Å². The average molecular weight is 215 g/mol. The van der Waals surface area contributed by atoms with Crippen molar-refractivity contribution in [3.63, 3.8) is 0 Å². The average Bonchev–Trinajstić information content (AvgIpc) is 2.09. The second-order valence-electron chi connectivity index (χ2n) is 3.63. The Bertz CT molecular complexity index is 239. The Morgan fingerprint density at radius 2 is 2.07 bits per heavy atom. The monoisotopic (exact) mass is 215 g/mol. The van der Waals surface area contributed by atoms with Gasteiger partial charge in [-0.2, -0.15) is 0 Å². The normalized spacial score (nSPS) is 15.9. The molecule has 86 valence electrons. The summed E-state index contributed by atoms with van der Waals surface area (Å²) in [4.78, 5) is 23.4. The van der Waals surface area contributed by atoms with Crippen molar-refractivity contribution >= 4 is 12.0 Å². The number of hydrogen-bond acceptors (Lipinski definition) is 3. The molecule has 0 bridgehead atoms. The van der Waals surface area contributed by atoms with Gasteiger partial charge in [-0.25, -0.2) is 4.79 Å². The Hall–Kier alpha value is -1.30. The zero-order valence-electron chi connectivity index (χ0n) is 8.82. The highest BCUT2D eigenvalue weighted by molar-refractivity contribution is 5.79. The van der Waals surface area contributed by atoms with Gasteiger partial charge in [0.15, 0.2) is 0 Å². The summed E-state index contributed by atoms with van der Waals surface area (Å²) < 4.78 is 0. The first-order chi connectivity index (χ1) is 7.15. The standard InChI is InChI=1S/C9H17N3O3/c1-10-3-2-4-11-9(15)12-5-7(6-12)8(13)14/h7,10H,2-6H2,1H3,(H,11,15)(H,13,14). The number of amides is 2. The second kappa shape index (κ2) is 5.55. The van der Waals surface area contributed by atoms with Crippen LogP contribution < -0.4 is 10.6 Å². The molecule has 0 aromatic rings. The van der Waals surface area contributed by atoms with Crippen molar-refractivity contribution < 1.29 is 14.7 Å². The molecule has 0 unspecified atom stereocenters. The van der Waals surface area contributed by atoms with E-state index in [2.05, 4.69) is 10.6 Å². The molecule has 6 heteroatoms. The highest BCUT2D eigenvalue weighted by Gasteiger charge is 2.35. The van der Waals surface area contributed by atoms with Crippen LogP contribution in [0.2, 0.25) is 0 Å². The molecule has 1 rings (SSSR count). The van der Waals surface area contributed by atoms with Gasteiger partial charge in [-0.15, -0.1) is 0 Å². The fraction of sp³-hybridized carbons (Fsp3) is 0.778. The maximum absolute atomic E-state index is 11.4. The third-order valence-corrected chi connectivity index (χ3v) is 2.40. The number of nitrogens with one attached hydrogen (secondary N) is 2. The van der Waals surface area contributed by atoms with E-state index >= 15 is 0 Å². The Labute approximate surface area is 88.6 Å². The summed E-state index contributed by atoms with van der Waals surface area (Å²) in [6, 6.07) is -0.163. The SMILES string of the molecule is CNCCCNC(=O)N1CC(C(=O)O)C1. The molecule has 1 aliphatic rings. The van der Waals surface area contributed by atoms with E-state index in [9.17, 15) is 9.59 Å². The lowest BCUT2D eigenvalue weighted by Gasteiger charge is -2.36. The minimum absolute atomic E-state index is 0.163. The summed E-state index contributed by atoms with van der Waals surface area (Å²) >= 11 is 0. The Kier molecular flexibility index (Phi) is 4.36. The van der Waals surface area contributed by atoms with Crippen molar-refractivity contribution in [2.75, 3.05) is 33.2 Å². The number of nitrogens with zero attached hydrogens (tertiary/aromatic N) is 1. The molecule has 0 aromatic carbocycles. The molecule has 1 fully saturated rings. The fourth-order valence-electron chi connectivity index (χ4n) is 1.37. The van der Waals surface area contributed by atoms with Gasteiger partial charge in [0.2, 0.25) is 0 Å². The van der Waals surface area contributed by atoms with Gasteiger partial charge in [0.05, 0.1) is 5.92 Å². The van der Waals surface area contributed by atoms with Crippen molar-refractivity contribution in [3.05, 3.63) is 0 Å². The smallest absolute Gasteiger partial charge is 0.317 e. The summed E-state index contributed by atoms with van der Waals surface area (Å²) in [6.07, 6.45) is 0.873. The van der Waals surface area contributed by atoms with Gasteiger partial charge in [-0.1, -0.05) is 0 Å². The molecule has 0 aliphatic carbocycles. The lowest BCUT2D eigenvalue weighted by Crippen LogP contribution is -2.56. The van der Waals surface area contributed by atoms with Crippen LogP contribution in [0.25, 0.3) is 0 Å². The van der Waals surface area contributed by atoms with Gasteiger partial charge in [0, 0.05) is 19.6 Å². The number of carbonyl (C=O) groups excluding carboxylic acids is 1. The molecule has 6 nitrogen and oxygen atoms in total. The topological polar surface area (TPSA) is 81.7 Å². The van der Waals surface area contributed by atoms with Crippen LogP contribution in [0.1, 0.15) is 6.42 Å². The van der Waals surface area contributed by atoms with E-state index in [1.165, 1.54) is 4.90 Å². The largest absolute Gasteiger partial charge is 0.481 e. The summed E-state index contributed by atoms with van der Waals surface area (Å²) in [5, 5.41) is 14.3. The van der Waals surface area contributed by atoms with E-state index < -0.39 is 5.97 Å².